The van der Waals surface area contributed by atoms with Crippen LogP contribution in [0.3, 0.4) is 0 Å². The predicted molar refractivity (Wildman–Crippen MR) is 97.2 cm³/mol. The Balaban J connectivity index is 3.28. The van der Waals surface area contributed by atoms with Crippen LogP contribution in [0, 0.1) is 0 Å². The summed E-state index contributed by atoms with van der Waals surface area (Å²) in [7, 11) is 0. The topological polar surface area (TPSA) is 107 Å². The fourth-order valence-corrected chi connectivity index (χ4v) is 2.66. The molecule has 4 N–H and O–H groups in total. The van der Waals surface area contributed by atoms with Crippen molar-refractivity contribution >= 4 is 5.97 Å². The number of ether oxygens (including phenoxy) is 1. The first-order chi connectivity index (χ1) is 12.1. The van der Waals surface area contributed by atoms with E-state index in [4.69, 9.17) is 20.1 Å². The van der Waals surface area contributed by atoms with Gasteiger partial charge in [0.1, 0.15) is 12.7 Å². The third kappa shape index (κ3) is 17.9. The second-order valence-corrected chi connectivity index (χ2v) is 6.76. The molecule has 0 saturated carbocycles. The van der Waals surface area contributed by atoms with E-state index in [1.807, 2.05) is 0 Å². The number of esters is 1. The Labute approximate surface area is 152 Å². The highest BCUT2D eigenvalue weighted by Gasteiger charge is 2.07. The summed E-state index contributed by atoms with van der Waals surface area (Å²) in [5.41, 5.74) is 0. The monoisotopic (exact) mass is 362 g/mol. The van der Waals surface area contributed by atoms with Crippen LogP contribution in [-0.4, -0.2) is 58.4 Å². The molecule has 2 unspecified atom stereocenters. The molecule has 0 saturated heterocycles. The van der Waals surface area contributed by atoms with Crippen molar-refractivity contribution in [1.82, 2.24) is 0 Å². The van der Waals surface area contributed by atoms with Crippen LogP contribution in [-0.2, 0) is 9.53 Å². The summed E-state index contributed by atoms with van der Waals surface area (Å²) in [6.07, 6.45) is 11.0. The van der Waals surface area contributed by atoms with Gasteiger partial charge in [0.2, 0.25) is 0 Å². The molecule has 2 atom stereocenters. The zero-order valence-electron chi connectivity index (χ0n) is 15.6. The molecule has 0 heterocycles. The van der Waals surface area contributed by atoms with E-state index in [2.05, 4.69) is 0 Å². The zero-order valence-corrected chi connectivity index (χ0v) is 15.6. The Bertz CT molecular complexity index is 298. The fraction of sp³-hybridized carbons (Fsp3) is 0.947. The van der Waals surface area contributed by atoms with Crippen LogP contribution < -0.4 is 0 Å². The summed E-state index contributed by atoms with van der Waals surface area (Å²) in [6, 6.07) is 0. The van der Waals surface area contributed by atoms with Gasteiger partial charge in [0, 0.05) is 13.0 Å². The molecule has 150 valence electrons. The molecule has 0 spiro atoms. The molecular formula is C19H38O6. The lowest BCUT2D eigenvalue weighted by Crippen LogP contribution is -2.21. The summed E-state index contributed by atoms with van der Waals surface area (Å²) in [5.74, 6) is -0.324. The number of aliphatic hydroxyl groups is 4. The van der Waals surface area contributed by atoms with E-state index in [-0.39, 0.29) is 25.3 Å². The maximum absolute atomic E-state index is 11.4. The van der Waals surface area contributed by atoms with Crippen molar-refractivity contribution in [3.63, 3.8) is 0 Å². The molecule has 0 rings (SSSR count). The zero-order chi connectivity index (χ0) is 18.8. The minimum absolute atomic E-state index is 0.140. The molecule has 25 heavy (non-hydrogen) atoms. The van der Waals surface area contributed by atoms with Gasteiger partial charge in [0.25, 0.3) is 0 Å². The highest BCUT2D eigenvalue weighted by atomic mass is 16.5. The smallest absolute Gasteiger partial charge is 0.305 e. The van der Waals surface area contributed by atoms with Gasteiger partial charge < -0.3 is 25.2 Å². The molecule has 0 aromatic rings. The fourth-order valence-electron chi connectivity index (χ4n) is 2.66. The van der Waals surface area contributed by atoms with Crippen molar-refractivity contribution in [2.45, 2.75) is 95.7 Å². The number of rotatable bonds is 18. The average Bonchev–Trinajstić information content (AvgIpc) is 2.61. The van der Waals surface area contributed by atoms with Gasteiger partial charge in [-0.3, -0.25) is 4.79 Å². The van der Waals surface area contributed by atoms with E-state index >= 15 is 0 Å². The van der Waals surface area contributed by atoms with Crippen LogP contribution in [0.4, 0.5) is 0 Å². The average molecular weight is 363 g/mol. The summed E-state index contributed by atoms with van der Waals surface area (Å²) in [5, 5.41) is 36.2. The minimum Gasteiger partial charge on any atom is -0.463 e. The molecule has 6 heteroatoms. The van der Waals surface area contributed by atoms with Gasteiger partial charge in [-0.1, -0.05) is 51.4 Å². The Kier molecular flexibility index (Phi) is 17.6. The third-order valence-corrected chi connectivity index (χ3v) is 4.26. The van der Waals surface area contributed by atoms with Crippen LogP contribution in [0.5, 0.6) is 0 Å². The summed E-state index contributed by atoms with van der Waals surface area (Å²) in [6.45, 7) is -0.276. The highest BCUT2D eigenvalue weighted by Crippen LogP contribution is 2.13. The van der Waals surface area contributed by atoms with Crippen molar-refractivity contribution in [2.75, 3.05) is 19.8 Å². The predicted octanol–water partition coefficient (Wildman–Crippen LogP) is 2.31. The van der Waals surface area contributed by atoms with E-state index in [0.29, 0.717) is 6.42 Å². The lowest BCUT2D eigenvalue weighted by Gasteiger charge is -2.10. The van der Waals surface area contributed by atoms with Crippen LogP contribution in [0.25, 0.3) is 0 Å². The molecular weight excluding hydrogens is 324 g/mol. The third-order valence-electron chi connectivity index (χ3n) is 4.26. The number of hydrogen-bond donors (Lipinski definition) is 4. The number of unbranched alkanes of at least 4 members (excludes halogenated alkanes) is 8. The number of carbonyl (C=O) groups excluding carboxylic acids is 1. The second kappa shape index (κ2) is 18.1. The molecule has 0 bridgehead atoms. The molecule has 0 aliphatic carbocycles. The number of aliphatic hydroxyl groups excluding tert-OH is 4. The molecule has 0 radical (unpaired) electrons. The van der Waals surface area contributed by atoms with Gasteiger partial charge >= 0.3 is 5.97 Å². The molecule has 6 nitrogen and oxygen atoms in total. The van der Waals surface area contributed by atoms with Crippen molar-refractivity contribution < 1.29 is 30.0 Å². The highest BCUT2D eigenvalue weighted by molar-refractivity contribution is 5.69. The van der Waals surface area contributed by atoms with Gasteiger partial charge in [-0.05, 0) is 25.7 Å². The normalized spacial score (nSPS) is 13.6. The van der Waals surface area contributed by atoms with Gasteiger partial charge in [-0.25, -0.2) is 0 Å². The SMILES string of the molecule is O=C(CCCCCCCCC(O)CCCCCCO)OCC(O)CO. The van der Waals surface area contributed by atoms with E-state index in [1.165, 1.54) is 0 Å². The van der Waals surface area contributed by atoms with Gasteiger partial charge in [-0.15, -0.1) is 0 Å². The largest absolute Gasteiger partial charge is 0.463 e. The Hall–Kier alpha value is -0.690. The molecule has 0 amide bonds. The first kappa shape index (κ1) is 24.3. The van der Waals surface area contributed by atoms with Gasteiger partial charge in [-0.2, -0.15) is 0 Å². The minimum atomic E-state index is -0.986. The van der Waals surface area contributed by atoms with Crippen molar-refractivity contribution in [3.05, 3.63) is 0 Å². The van der Waals surface area contributed by atoms with Crippen molar-refractivity contribution in [2.24, 2.45) is 0 Å². The van der Waals surface area contributed by atoms with E-state index in [0.717, 1.165) is 77.0 Å². The number of hydrogen-bond acceptors (Lipinski definition) is 6. The van der Waals surface area contributed by atoms with E-state index in [9.17, 15) is 9.90 Å². The second-order valence-electron chi connectivity index (χ2n) is 6.76. The lowest BCUT2D eigenvalue weighted by atomic mass is 10.0. The van der Waals surface area contributed by atoms with Crippen LogP contribution in [0.15, 0.2) is 0 Å². The maximum atomic E-state index is 11.4. The van der Waals surface area contributed by atoms with Gasteiger partial charge in [0.05, 0.1) is 12.7 Å². The number of carbonyl (C=O) groups is 1. The lowest BCUT2D eigenvalue weighted by molar-refractivity contribution is -0.147. The molecule has 0 aromatic carbocycles. The van der Waals surface area contributed by atoms with Crippen molar-refractivity contribution in [3.8, 4) is 0 Å². The Morgan fingerprint density at radius 1 is 0.720 bits per heavy atom. The standard InChI is InChI=1S/C19H38O6/c20-14-10-6-5-8-12-17(22)11-7-3-1-2-4-9-13-19(24)25-16-18(23)15-21/h17-18,20-23H,1-16H2. The van der Waals surface area contributed by atoms with Crippen molar-refractivity contribution in [1.29, 1.82) is 0 Å². The molecule has 0 fully saturated rings. The first-order valence-electron chi connectivity index (χ1n) is 9.83. The Morgan fingerprint density at radius 2 is 1.24 bits per heavy atom. The van der Waals surface area contributed by atoms with E-state index < -0.39 is 12.7 Å². The van der Waals surface area contributed by atoms with Crippen LogP contribution in [0.1, 0.15) is 83.5 Å². The summed E-state index contributed by atoms with van der Waals surface area (Å²) >= 11 is 0. The summed E-state index contributed by atoms with van der Waals surface area (Å²) < 4.78 is 4.83. The van der Waals surface area contributed by atoms with Crippen LogP contribution >= 0.6 is 0 Å². The maximum Gasteiger partial charge on any atom is 0.305 e. The summed E-state index contributed by atoms with van der Waals surface area (Å²) in [4.78, 5) is 11.4. The van der Waals surface area contributed by atoms with Gasteiger partial charge in [0.15, 0.2) is 0 Å². The quantitative estimate of drug-likeness (QED) is 0.220. The van der Waals surface area contributed by atoms with E-state index in [1.54, 1.807) is 0 Å². The molecule has 0 aromatic heterocycles. The molecule has 0 aliphatic heterocycles. The van der Waals surface area contributed by atoms with Crippen LogP contribution in [0.2, 0.25) is 0 Å². The molecule has 0 aliphatic rings. The Morgan fingerprint density at radius 3 is 1.80 bits per heavy atom. The first-order valence-corrected chi connectivity index (χ1v) is 9.83.